The molecule has 2 aliphatic heterocycles. The summed E-state index contributed by atoms with van der Waals surface area (Å²) >= 11 is 0. The molecular weight excluding hydrogens is 378 g/mol. The number of aromatic hydroxyl groups is 1. The number of phenols is 1. The highest BCUT2D eigenvalue weighted by atomic mass is 16.5. The lowest BCUT2D eigenvalue weighted by Crippen LogP contribution is -2.33. The molecule has 1 aliphatic carbocycles. The number of nitrogens with zero attached hydrogens (tertiary/aromatic N) is 1. The predicted octanol–water partition coefficient (Wildman–Crippen LogP) is 4.32. The van der Waals surface area contributed by atoms with Gasteiger partial charge in [0.2, 0.25) is 11.8 Å². The van der Waals surface area contributed by atoms with Crippen LogP contribution in [0.4, 0.5) is 0 Å². The van der Waals surface area contributed by atoms with Crippen molar-refractivity contribution in [2.75, 3.05) is 13.7 Å². The van der Waals surface area contributed by atoms with E-state index in [0.29, 0.717) is 18.8 Å². The van der Waals surface area contributed by atoms with Gasteiger partial charge in [-0.3, -0.25) is 14.5 Å². The zero-order valence-electron chi connectivity index (χ0n) is 18.1. The van der Waals surface area contributed by atoms with Crippen molar-refractivity contribution in [1.29, 1.82) is 0 Å². The molecule has 0 saturated carbocycles. The number of ether oxygens (including phenoxy) is 1. The molecule has 0 bridgehead atoms. The summed E-state index contributed by atoms with van der Waals surface area (Å²) < 4.78 is 6.21. The normalized spacial score (nSPS) is 28.9. The summed E-state index contributed by atoms with van der Waals surface area (Å²) in [6, 6.07) is 7.38. The van der Waals surface area contributed by atoms with E-state index < -0.39 is 0 Å². The topological polar surface area (TPSA) is 66.8 Å². The molecule has 1 N–H and O–H groups in total. The van der Waals surface area contributed by atoms with Crippen LogP contribution in [0.2, 0.25) is 0 Å². The Hall–Kier alpha value is -2.40. The van der Waals surface area contributed by atoms with Crippen LogP contribution in [0, 0.1) is 17.8 Å². The summed E-state index contributed by atoms with van der Waals surface area (Å²) in [5, 5.41) is 10.1. The van der Waals surface area contributed by atoms with Crippen molar-refractivity contribution in [3.05, 3.63) is 46.5 Å². The third kappa shape index (κ3) is 3.49. The van der Waals surface area contributed by atoms with Gasteiger partial charge < -0.3 is 9.84 Å². The summed E-state index contributed by atoms with van der Waals surface area (Å²) in [6.45, 7) is 4.79. The van der Waals surface area contributed by atoms with Crippen LogP contribution in [0.25, 0.3) is 6.08 Å². The van der Waals surface area contributed by atoms with Gasteiger partial charge in [-0.15, -0.1) is 0 Å². The molecule has 2 fully saturated rings. The highest BCUT2D eigenvalue weighted by molar-refractivity contribution is 6.05. The fourth-order valence-corrected chi connectivity index (χ4v) is 5.47. The zero-order chi connectivity index (χ0) is 21.4. The molecule has 160 valence electrons. The number of allylic oxidation sites excluding steroid dienone is 2. The van der Waals surface area contributed by atoms with Crippen LogP contribution in [-0.2, 0) is 14.3 Å². The van der Waals surface area contributed by atoms with Gasteiger partial charge in [-0.1, -0.05) is 49.3 Å². The van der Waals surface area contributed by atoms with E-state index in [4.69, 9.17) is 4.74 Å². The quantitative estimate of drug-likeness (QED) is 0.561. The number of carbonyl (C=O) groups excluding carboxylic acids is 2. The number of amides is 2. The second-order valence-corrected chi connectivity index (χ2v) is 8.67. The Balaban J connectivity index is 1.54. The largest absolute Gasteiger partial charge is 0.507 e. The van der Waals surface area contributed by atoms with Crippen LogP contribution in [-0.4, -0.2) is 41.6 Å². The molecule has 3 aliphatic rings. The van der Waals surface area contributed by atoms with Crippen LogP contribution < -0.4 is 0 Å². The number of hydrogen-bond acceptors (Lipinski definition) is 4. The molecule has 0 unspecified atom stereocenters. The van der Waals surface area contributed by atoms with Crippen molar-refractivity contribution >= 4 is 17.9 Å². The molecule has 2 saturated heterocycles. The lowest BCUT2D eigenvalue weighted by atomic mass is 9.69. The monoisotopic (exact) mass is 409 g/mol. The molecular formula is C25H31NO4. The zero-order valence-corrected chi connectivity index (χ0v) is 18.1. The minimum Gasteiger partial charge on any atom is -0.507 e. The second kappa shape index (κ2) is 8.38. The van der Waals surface area contributed by atoms with Crippen LogP contribution in [0.15, 0.2) is 41.0 Å². The number of para-hydroxylation sites is 1. The SMILES string of the molecule is CCC1=C2[C@@H](CC/C(=C/c3ccccc3O)CC)OC[C@@H]2[C@@H]2C(=O)N(C)C(=O)[C@@H]2C1. The Bertz CT molecular complexity index is 915. The molecule has 0 aromatic heterocycles. The number of benzene rings is 1. The van der Waals surface area contributed by atoms with Crippen molar-refractivity contribution in [3.63, 3.8) is 0 Å². The van der Waals surface area contributed by atoms with Crippen molar-refractivity contribution in [1.82, 2.24) is 4.90 Å². The summed E-state index contributed by atoms with van der Waals surface area (Å²) in [7, 11) is 1.61. The maximum atomic E-state index is 12.7. The maximum Gasteiger partial charge on any atom is 0.233 e. The van der Waals surface area contributed by atoms with E-state index >= 15 is 0 Å². The number of carbonyl (C=O) groups is 2. The summed E-state index contributed by atoms with van der Waals surface area (Å²) in [6.07, 6.45) is 6.32. The Kier molecular flexibility index (Phi) is 5.83. The van der Waals surface area contributed by atoms with Crippen molar-refractivity contribution in [3.8, 4) is 5.75 Å². The van der Waals surface area contributed by atoms with E-state index in [2.05, 4.69) is 19.9 Å². The smallest absolute Gasteiger partial charge is 0.233 e. The van der Waals surface area contributed by atoms with Gasteiger partial charge in [-0.2, -0.15) is 0 Å². The number of imide groups is 1. The first-order valence-corrected chi connectivity index (χ1v) is 11.1. The molecule has 4 rings (SSSR count). The minimum atomic E-state index is -0.250. The third-order valence-electron chi connectivity index (χ3n) is 7.13. The van der Waals surface area contributed by atoms with Gasteiger partial charge in [0.05, 0.1) is 24.5 Å². The maximum absolute atomic E-state index is 12.7. The van der Waals surface area contributed by atoms with Gasteiger partial charge in [0.1, 0.15) is 5.75 Å². The molecule has 5 nitrogen and oxygen atoms in total. The van der Waals surface area contributed by atoms with Crippen molar-refractivity contribution in [2.24, 2.45) is 17.8 Å². The molecule has 2 amide bonds. The number of phenolic OH excluding ortho intramolecular Hbond substituents is 1. The Morgan fingerprint density at radius 2 is 1.97 bits per heavy atom. The fraction of sp³-hybridized carbons (Fsp3) is 0.520. The van der Waals surface area contributed by atoms with E-state index in [-0.39, 0.29) is 35.7 Å². The van der Waals surface area contributed by atoms with Gasteiger partial charge in [0.25, 0.3) is 0 Å². The Morgan fingerprint density at radius 1 is 1.20 bits per heavy atom. The average molecular weight is 410 g/mol. The summed E-state index contributed by atoms with van der Waals surface area (Å²) in [5.74, 6) is -0.195. The van der Waals surface area contributed by atoms with Gasteiger partial charge in [-0.25, -0.2) is 0 Å². The van der Waals surface area contributed by atoms with Crippen LogP contribution in [0.3, 0.4) is 0 Å². The lowest BCUT2D eigenvalue weighted by Gasteiger charge is -2.31. The first kappa shape index (κ1) is 20.9. The Labute approximate surface area is 178 Å². The number of hydrogen-bond donors (Lipinski definition) is 1. The highest BCUT2D eigenvalue weighted by Crippen LogP contribution is 2.50. The number of rotatable bonds is 6. The number of fused-ring (bicyclic) bond motifs is 3. The predicted molar refractivity (Wildman–Crippen MR) is 116 cm³/mol. The summed E-state index contributed by atoms with van der Waals surface area (Å²) in [5.41, 5.74) is 4.70. The van der Waals surface area contributed by atoms with Gasteiger partial charge in [0, 0.05) is 18.5 Å². The molecule has 1 aromatic rings. The molecule has 5 heteroatoms. The number of likely N-dealkylation sites (tertiary alicyclic amines) is 1. The van der Waals surface area contributed by atoms with E-state index in [1.807, 2.05) is 18.2 Å². The van der Waals surface area contributed by atoms with E-state index in [1.165, 1.54) is 21.6 Å². The van der Waals surface area contributed by atoms with Crippen LogP contribution in [0.5, 0.6) is 5.75 Å². The van der Waals surface area contributed by atoms with Crippen LogP contribution in [0.1, 0.15) is 51.5 Å². The molecule has 2 heterocycles. The fourth-order valence-electron chi connectivity index (χ4n) is 5.47. The summed E-state index contributed by atoms with van der Waals surface area (Å²) in [4.78, 5) is 26.6. The molecule has 30 heavy (non-hydrogen) atoms. The van der Waals surface area contributed by atoms with Crippen molar-refractivity contribution in [2.45, 2.75) is 52.1 Å². The molecule has 4 atom stereocenters. The molecule has 0 spiro atoms. The Morgan fingerprint density at radius 3 is 2.67 bits per heavy atom. The van der Waals surface area contributed by atoms with Crippen LogP contribution >= 0.6 is 0 Å². The van der Waals surface area contributed by atoms with E-state index in [0.717, 1.165) is 31.2 Å². The highest BCUT2D eigenvalue weighted by Gasteiger charge is 2.55. The molecule has 0 radical (unpaired) electrons. The van der Waals surface area contributed by atoms with Gasteiger partial charge in [-0.05, 0) is 43.7 Å². The average Bonchev–Trinajstić information content (AvgIpc) is 3.27. The molecule has 1 aromatic carbocycles. The van der Waals surface area contributed by atoms with E-state index in [1.54, 1.807) is 13.1 Å². The van der Waals surface area contributed by atoms with Crippen molar-refractivity contribution < 1.29 is 19.4 Å². The van der Waals surface area contributed by atoms with Gasteiger partial charge in [0.15, 0.2) is 0 Å². The standard InChI is InChI=1S/C25H31NO4/c1-4-15(12-17-8-6-7-9-20(17)27)10-11-21-22-16(5-2)13-18-23(19(22)14-30-21)25(29)26(3)24(18)28/h6-9,12,18-19,21,23,27H,4-5,10-11,13-14H2,1-3H3/b15-12+/t18-,19+,21-,23-/m1/s1. The minimum absolute atomic E-state index is 0.0130. The third-order valence-corrected chi connectivity index (χ3v) is 7.13. The second-order valence-electron chi connectivity index (χ2n) is 8.67. The van der Waals surface area contributed by atoms with Gasteiger partial charge >= 0.3 is 0 Å². The lowest BCUT2D eigenvalue weighted by molar-refractivity contribution is -0.138. The van der Waals surface area contributed by atoms with E-state index in [9.17, 15) is 14.7 Å². The first-order valence-electron chi connectivity index (χ1n) is 11.1. The first-order chi connectivity index (χ1) is 14.5.